The number of hydrogen-bond acceptors (Lipinski definition) is 3. The van der Waals surface area contributed by atoms with E-state index in [1.807, 2.05) is 24.3 Å². The zero-order valence-corrected chi connectivity index (χ0v) is 12.0. The highest BCUT2D eigenvalue weighted by Gasteiger charge is 2.23. The minimum atomic E-state index is -3.21. The Kier molecular flexibility index (Phi) is 3.15. The summed E-state index contributed by atoms with van der Waals surface area (Å²) in [5.41, 5.74) is 4.00. The Balaban J connectivity index is 2.16. The number of rotatable bonds is 2. The summed E-state index contributed by atoms with van der Waals surface area (Å²) >= 11 is 0. The molecule has 0 aromatic heterocycles. The average molecular weight is 288 g/mol. The van der Waals surface area contributed by atoms with Crippen molar-refractivity contribution in [1.82, 2.24) is 0 Å². The molecule has 1 unspecified atom stereocenters. The van der Waals surface area contributed by atoms with Gasteiger partial charge in [0.05, 0.1) is 11.0 Å². The van der Waals surface area contributed by atoms with Crippen molar-refractivity contribution in [2.45, 2.75) is 23.8 Å². The van der Waals surface area contributed by atoms with Gasteiger partial charge in [0.1, 0.15) is 0 Å². The first-order chi connectivity index (χ1) is 9.47. The highest BCUT2D eigenvalue weighted by atomic mass is 32.2. The fourth-order valence-electron chi connectivity index (χ4n) is 2.80. The molecule has 3 rings (SSSR count). The standard InChI is InChI=1S/C16H16O3S/c1-20(18,19)12-5-2-4-11(10-12)13-6-3-7-15-14(13)8-9-16(15)17/h2-7,10,16-17H,8-9H2,1H3. The van der Waals surface area contributed by atoms with Gasteiger partial charge in [-0.1, -0.05) is 30.3 Å². The third-order valence-corrected chi connectivity index (χ3v) is 4.92. The van der Waals surface area contributed by atoms with E-state index in [4.69, 9.17) is 0 Å². The van der Waals surface area contributed by atoms with Crippen LogP contribution in [0.1, 0.15) is 23.7 Å². The van der Waals surface area contributed by atoms with Crippen molar-refractivity contribution in [2.75, 3.05) is 6.26 Å². The van der Waals surface area contributed by atoms with Gasteiger partial charge in [-0.25, -0.2) is 8.42 Å². The fraction of sp³-hybridized carbons (Fsp3) is 0.250. The molecule has 2 aromatic rings. The first-order valence-corrected chi connectivity index (χ1v) is 8.46. The normalized spacial score (nSPS) is 18.0. The van der Waals surface area contributed by atoms with Crippen molar-refractivity contribution < 1.29 is 13.5 Å². The second-order valence-corrected chi connectivity index (χ2v) is 7.24. The van der Waals surface area contributed by atoms with Crippen LogP contribution >= 0.6 is 0 Å². The first kappa shape index (κ1) is 13.3. The smallest absolute Gasteiger partial charge is 0.175 e. The van der Waals surface area contributed by atoms with Gasteiger partial charge in [0.15, 0.2) is 9.84 Å². The van der Waals surface area contributed by atoms with Crippen molar-refractivity contribution in [3.8, 4) is 11.1 Å². The van der Waals surface area contributed by atoms with Gasteiger partial charge in [-0.05, 0) is 47.2 Å². The van der Waals surface area contributed by atoms with Gasteiger partial charge in [0.25, 0.3) is 0 Å². The molecule has 1 atom stereocenters. The second kappa shape index (κ2) is 4.72. The molecule has 0 aliphatic heterocycles. The maximum atomic E-state index is 11.7. The average Bonchev–Trinajstić information content (AvgIpc) is 2.80. The van der Waals surface area contributed by atoms with E-state index in [0.717, 1.165) is 35.1 Å². The van der Waals surface area contributed by atoms with Gasteiger partial charge in [-0.3, -0.25) is 0 Å². The van der Waals surface area contributed by atoms with Crippen LogP contribution in [-0.2, 0) is 16.3 Å². The number of hydrogen-bond donors (Lipinski definition) is 1. The van der Waals surface area contributed by atoms with Gasteiger partial charge in [-0.15, -0.1) is 0 Å². The largest absolute Gasteiger partial charge is 0.388 e. The lowest BCUT2D eigenvalue weighted by molar-refractivity contribution is 0.180. The molecule has 1 aliphatic rings. The zero-order valence-electron chi connectivity index (χ0n) is 11.2. The first-order valence-electron chi connectivity index (χ1n) is 6.57. The molecule has 1 N–H and O–H groups in total. The lowest BCUT2D eigenvalue weighted by Crippen LogP contribution is -1.97. The van der Waals surface area contributed by atoms with Crippen LogP contribution in [0.15, 0.2) is 47.4 Å². The molecule has 20 heavy (non-hydrogen) atoms. The molecule has 2 aromatic carbocycles. The van der Waals surface area contributed by atoms with E-state index in [2.05, 4.69) is 0 Å². The predicted octanol–water partition coefficient (Wildman–Crippen LogP) is 2.74. The number of aliphatic hydroxyl groups is 1. The summed E-state index contributed by atoms with van der Waals surface area (Å²) in [6.45, 7) is 0. The van der Waals surface area contributed by atoms with E-state index >= 15 is 0 Å². The summed E-state index contributed by atoms with van der Waals surface area (Å²) in [6.07, 6.45) is 2.38. The number of aliphatic hydroxyl groups excluding tert-OH is 1. The third-order valence-electron chi connectivity index (χ3n) is 3.81. The highest BCUT2D eigenvalue weighted by Crippen LogP contribution is 2.37. The molecule has 0 saturated carbocycles. The van der Waals surface area contributed by atoms with Crippen LogP contribution in [0.5, 0.6) is 0 Å². The van der Waals surface area contributed by atoms with Crippen molar-refractivity contribution in [1.29, 1.82) is 0 Å². The van der Waals surface area contributed by atoms with E-state index in [1.54, 1.807) is 18.2 Å². The summed E-state index contributed by atoms with van der Waals surface area (Å²) in [7, 11) is -3.21. The zero-order chi connectivity index (χ0) is 14.3. The molecule has 0 amide bonds. The quantitative estimate of drug-likeness (QED) is 0.924. The Bertz CT molecular complexity index is 763. The lowest BCUT2D eigenvalue weighted by Gasteiger charge is -2.10. The van der Waals surface area contributed by atoms with Crippen LogP contribution in [-0.4, -0.2) is 19.8 Å². The van der Waals surface area contributed by atoms with Gasteiger partial charge < -0.3 is 5.11 Å². The number of sulfone groups is 1. The number of fused-ring (bicyclic) bond motifs is 1. The predicted molar refractivity (Wildman–Crippen MR) is 78.3 cm³/mol. The maximum absolute atomic E-state index is 11.7. The SMILES string of the molecule is CS(=O)(=O)c1cccc(-c2cccc3c2CCC3O)c1. The Morgan fingerprint density at radius 3 is 2.65 bits per heavy atom. The van der Waals surface area contributed by atoms with Crippen LogP contribution in [0.25, 0.3) is 11.1 Å². The molecule has 0 spiro atoms. The van der Waals surface area contributed by atoms with E-state index in [0.29, 0.717) is 4.90 Å². The Labute approximate surface area is 118 Å². The summed E-state index contributed by atoms with van der Waals surface area (Å²) in [6, 6.07) is 12.8. The molecule has 4 heteroatoms. The minimum Gasteiger partial charge on any atom is -0.388 e. The minimum absolute atomic E-state index is 0.325. The summed E-state index contributed by atoms with van der Waals surface area (Å²) in [5, 5.41) is 9.94. The van der Waals surface area contributed by atoms with Crippen molar-refractivity contribution in [3.05, 3.63) is 53.6 Å². The van der Waals surface area contributed by atoms with E-state index in [1.165, 1.54) is 6.26 Å². The van der Waals surface area contributed by atoms with E-state index in [9.17, 15) is 13.5 Å². The lowest BCUT2D eigenvalue weighted by atomic mass is 9.97. The molecule has 1 aliphatic carbocycles. The third kappa shape index (κ3) is 2.25. The van der Waals surface area contributed by atoms with Crippen molar-refractivity contribution >= 4 is 9.84 Å². The van der Waals surface area contributed by atoms with Crippen molar-refractivity contribution in [3.63, 3.8) is 0 Å². The van der Waals surface area contributed by atoms with Crippen LogP contribution in [0.2, 0.25) is 0 Å². The molecule has 0 saturated heterocycles. The molecule has 0 fully saturated rings. The van der Waals surface area contributed by atoms with Crippen LogP contribution < -0.4 is 0 Å². The molecular formula is C16H16O3S. The molecule has 104 valence electrons. The highest BCUT2D eigenvalue weighted by molar-refractivity contribution is 7.90. The topological polar surface area (TPSA) is 54.4 Å². The maximum Gasteiger partial charge on any atom is 0.175 e. The molecule has 0 heterocycles. The Morgan fingerprint density at radius 2 is 1.90 bits per heavy atom. The summed E-state index contributed by atoms with van der Waals surface area (Å²) in [5.74, 6) is 0. The molecular weight excluding hydrogens is 272 g/mol. The van der Waals surface area contributed by atoms with Crippen LogP contribution in [0.3, 0.4) is 0 Å². The van der Waals surface area contributed by atoms with E-state index < -0.39 is 15.9 Å². The molecule has 0 radical (unpaired) electrons. The molecule has 3 nitrogen and oxygen atoms in total. The van der Waals surface area contributed by atoms with Gasteiger partial charge >= 0.3 is 0 Å². The Hall–Kier alpha value is -1.65. The van der Waals surface area contributed by atoms with E-state index in [-0.39, 0.29) is 0 Å². The van der Waals surface area contributed by atoms with Crippen molar-refractivity contribution in [2.24, 2.45) is 0 Å². The Morgan fingerprint density at radius 1 is 1.15 bits per heavy atom. The summed E-state index contributed by atoms with van der Waals surface area (Å²) in [4.78, 5) is 0.325. The number of benzene rings is 2. The summed E-state index contributed by atoms with van der Waals surface area (Å²) < 4.78 is 23.3. The monoisotopic (exact) mass is 288 g/mol. The van der Waals surface area contributed by atoms with Crippen LogP contribution in [0, 0.1) is 0 Å². The van der Waals surface area contributed by atoms with Gasteiger partial charge in [0.2, 0.25) is 0 Å². The second-order valence-electron chi connectivity index (χ2n) is 5.23. The molecule has 0 bridgehead atoms. The van der Waals surface area contributed by atoms with Crippen LogP contribution in [0.4, 0.5) is 0 Å². The van der Waals surface area contributed by atoms with Gasteiger partial charge in [0, 0.05) is 6.26 Å². The fourth-order valence-corrected chi connectivity index (χ4v) is 3.46. The van der Waals surface area contributed by atoms with Gasteiger partial charge in [-0.2, -0.15) is 0 Å².